The van der Waals surface area contributed by atoms with Crippen LogP contribution in [-0.2, 0) is 21.2 Å². The van der Waals surface area contributed by atoms with Crippen molar-refractivity contribution in [1.82, 2.24) is 9.71 Å². The number of nitrogens with zero attached hydrogens (tertiary/aromatic N) is 2. The minimum Gasteiger partial charge on any atom is -0.480 e. The largest absolute Gasteiger partial charge is 0.480 e. The lowest BCUT2D eigenvalue weighted by Gasteiger charge is -2.14. The third-order valence-electron chi connectivity index (χ3n) is 3.18. The van der Waals surface area contributed by atoms with Gasteiger partial charge in [0.05, 0.1) is 9.82 Å². The van der Waals surface area contributed by atoms with Crippen molar-refractivity contribution in [3.8, 4) is 0 Å². The van der Waals surface area contributed by atoms with Crippen LogP contribution < -0.4 is 4.72 Å². The number of aliphatic carboxylic acids is 1. The Labute approximate surface area is 141 Å². The average Bonchev–Trinajstić information content (AvgIpc) is 2.56. The number of nitro benzene ring substituents is 1. The number of nitrogens with one attached hydrogen (secondary N) is 1. The van der Waals surface area contributed by atoms with Crippen molar-refractivity contribution in [1.29, 1.82) is 0 Å². The number of aromatic nitrogens is 1. The molecule has 25 heavy (non-hydrogen) atoms. The first-order valence-electron chi connectivity index (χ1n) is 6.79. The molecule has 0 saturated carbocycles. The van der Waals surface area contributed by atoms with Gasteiger partial charge in [-0.05, 0) is 23.8 Å². The second-order valence-corrected chi connectivity index (χ2v) is 6.67. The highest BCUT2D eigenvalue weighted by Crippen LogP contribution is 2.16. The van der Waals surface area contributed by atoms with Gasteiger partial charge in [0.2, 0.25) is 16.0 Å². The first-order chi connectivity index (χ1) is 11.7. The van der Waals surface area contributed by atoms with Gasteiger partial charge in [-0.25, -0.2) is 13.4 Å². The van der Waals surface area contributed by atoms with E-state index < -0.39 is 32.9 Å². The summed E-state index contributed by atoms with van der Waals surface area (Å²) in [5.41, 5.74) is 0.0197. The second kappa shape index (κ2) is 7.32. The van der Waals surface area contributed by atoms with E-state index in [2.05, 4.69) is 4.98 Å². The van der Waals surface area contributed by atoms with Crippen molar-refractivity contribution in [3.05, 3.63) is 64.2 Å². The molecule has 0 bridgehead atoms. The molecule has 0 aliphatic heterocycles. The van der Waals surface area contributed by atoms with E-state index in [1.54, 1.807) is 0 Å². The maximum Gasteiger partial charge on any atom is 0.322 e. The zero-order valence-corrected chi connectivity index (χ0v) is 13.3. The number of hydrogen-bond acceptors (Lipinski definition) is 6. The highest BCUT2D eigenvalue weighted by molar-refractivity contribution is 7.89. The Morgan fingerprint density at radius 3 is 2.40 bits per heavy atom. The molecule has 9 nitrogen and oxygen atoms in total. The number of sulfonamides is 1. The topological polar surface area (TPSA) is 140 Å². The van der Waals surface area contributed by atoms with Gasteiger partial charge in [-0.15, -0.1) is 0 Å². The fourth-order valence-corrected chi connectivity index (χ4v) is 3.13. The van der Waals surface area contributed by atoms with Crippen LogP contribution in [0.1, 0.15) is 5.56 Å². The summed E-state index contributed by atoms with van der Waals surface area (Å²) in [6, 6.07) is 4.78. The predicted octanol–water partition coefficient (Wildman–Crippen LogP) is 1.10. The number of nitro groups is 1. The lowest BCUT2D eigenvalue weighted by Crippen LogP contribution is -2.42. The number of halogens is 1. The molecule has 0 amide bonds. The molecule has 1 aromatic heterocycles. The summed E-state index contributed by atoms with van der Waals surface area (Å²) in [5, 5.41) is 19.8. The zero-order chi connectivity index (χ0) is 18.6. The van der Waals surface area contributed by atoms with Gasteiger partial charge in [0, 0.05) is 24.8 Å². The Kier molecular flexibility index (Phi) is 5.39. The summed E-state index contributed by atoms with van der Waals surface area (Å²) in [4.78, 5) is 24.3. The monoisotopic (exact) mass is 369 g/mol. The molecule has 1 unspecified atom stereocenters. The summed E-state index contributed by atoms with van der Waals surface area (Å²) in [5.74, 6) is -2.18. The summed E-state index contributed by atoms with van der Waals surface area (Å²) >= 11 is 0. The van der Waals surface area contributed by atoms with E-state index in [4.69, 9.17) is 0 Å². The van der Waals surface area contributed by atoms with E-state index in [9.17, 15) is 32.8 Å². The normalized spacial score (nSPS) is 12.5. The van der Waals surface area contributed by atoms with E-state index in [1.165, 1.54) is 6.07 Å². The molecule has 11 heteroatoms. The molecule has 1 aromatic carbocycles. The molecule has 1 atom stereocenters. The van der Waals surface area contributed by atoms with Crippen molar-refractivity contribution >= 4 is 21.7 Å². The molecule has 2 aromatic rings. The van der Waals surface area contributed by atoms with Crippen molar-refractivity contribution in [2.24, 2.45) is 0 Å². The van der Waals surface area contributed by atoms with Crippen LogP contribution in [0.2, 0.25) is 0 Å². The van der Waals surface area contributed by atoms with Crippen LogP contribution in [0.4, 0.5) is 10.1 Å². The van der Waals surface area contributed by atoms with Crippen LogP contribution in [0.25, 0.3) is 0 Å². The van der Waals surface area contributed by atoms with Crippen molar-refractivity contribution in [3.63, 3.8) is 0 Å². The zero-order valence-electron chi connectivity index (χ0n) is 12.5. The minimum atomic E-state index is -4.22. The van der Waals surface area contributed by atoms with Crippen LogP contribution in [0, 0.1) is 16.1 Å². The van der Waals surface area contributed by atoms with E-state index >= 15 is 0 Å². The molecule has 2 N–H and O–H groups in total. The second-order valence-electron chi connectivity index (χ2n) is 4.96. The number of non-ortho nitro benzene ring substituents is 1. The molecule has 0 aliphatic carbocycles. The standard InChI is InChI=1S/C14H12FN3O6S/c15-13-6-1-9(8-16-13)7-12(14(19)20)17-25(23,24)11-4-2-10(3-5-11)18(21)22/h1-6,8,12,17H,7H2,(H,19,20). The van der Waals surface area contributed by atoms with E-state index in [0.717, 1.165) is 36.5 Å². The van der Waals surface area contributed by atoms with Gasteiger partial charge in [0.25, 0.3) is 5.69 Å². The minimum absolute atomic E-state index is 0.255. The lowest BCUT2D eigenvalue weighted by atomic mass is 10.1. The number of carboxylic acid groups (broad SMARTS) is 1. The van der Waals surface area contributed by atoms with Gasteiger partial charge in [0.1, 0.15) is 6.04 Å². The summed E-state index contributed by atoms with van der Waals surface area (Å²) in [7, 11) is -4.22. The summed E-state index contributed by atoms with van der Waals surface area (Å²) in [6.07, 6.45) is 0.847. The number of pyridine rings is 1. The first-order valence-corrected chi connectivity index (χ1v) is 8.27. The highest BCUT2D eigenvalue weighted by Gasteiger charge is 2.26. The SMILES string of the molecule is O=C(O)C(Cc1ccc(F)nc1)NS(=O)(=O)c1ccc([N+](=O)[O-])cc1. The molecule has 0 spiro atoms. The van der Waals surface area contributed by atoms with Gasteiger partial charge in [-0.2, -0.15) is 9.11 Å². The van der Waals surface area contributed by atoms with Gasteiger partial charge < -0.3 is 5.11 Å². The fraction of sp³-hybridized carbons (Fsp3) is 0.143. The molecule has 0 fully saturated rings. The van der Waals surface area contributed by atoms with Crippen LogP contribution in [0.5, 0.6) is 0 Å². The number of benzene rings is 1. The van der Waals surface area contributed by atoms with Crippen molar-refractivity contribution < 1.29 is 27.6 Å². The molecule has 1 heterocycles. The lowest BCUT2D eigenvalue weighted by molar-refractivity contribution is -0.384. The highest BCUT2D eigenvalue weighted by atomic mass is 32.2. The Hall–Kier alpha value is -2.92. The van der Waals surface area contributed by atoms with E-state index in [-0.39, 0.29) is 17.0 Å². The Bertz CT molecular complexity index is 884. The Morgan fingerprint density at radius 1 is 1.28 bits per heavy atom. The third kappa shape index (κ3) is 4.78. The summed E-state index contributed by atoms with van der Waals surface area (Å²) < 4.78 is 39.3. The molecule has 0 radical (unpaired) electrons. The smallest absolute Gasteiger partial charge is 0.322 e. The maximum absolute atomic E-state index is 12.8. The number of carboxylic acids is 1. The van der Waals surface area contributed by atoms with Gasteiger partial charge in [-0.3, -0.25) is 14.9 Å². The summed E-state index contributed by atoms with van der Waals surface area (Å²) in [6.45, 7) is 0. The number of rotatable bonds is 7. The van der Waals surface area contributed by atoms with Crippen LogP contribution >= 0.6 is 0 Å². The number of hydrogen-bond donors (Lipinski definition) is 2. The van der Waals surface area contributed by atoms with Crippen LogP contribution in [0.3, 0.4) is 0 Å². The van der Waals surface area contributed by atoms with Gasteiger partial charge >= 0.3 is 5.97 Å². The van der Waals surface area contributed by atoms with Gasteiger partial charge in [0.15, 0.2) is 0 Å². The van der Waals surface area contributed by atoms with Crippen molar-refractivity contribution in [2.45, 2.75) is 17.4 Å². The number of carbonyl (C=O) groups is 1. The molecule has 132 valence electrons. The quantitative estimate of drug-likeness (QED) is 0.423. The van der Waals surface area contributed by atoms with Crippen molar-refractivity contribution in [2.75, 3.05) is 0 Å². The Morgan fingerprint density at radius 2 is 1.92 bits per heavy atom. The molecule has 0 aliphatic rings. The van der Waals surface area contributed by atoms with Crippen LogP contribution in [-0.4, -0.2) is 35.4 Å². The van der Waals surface area contributed by atoms with Gasteiger partial charge in [-0.1, -0.05) is 6.07 Å². The van der Waals surface area contributed by atoms with E-state index in [1.807, 2.05) is 4.72 Å². The third-order valence-corrected chi connectivity index (χ3v) is 4.67. The first kappa shape index (κ1) is 18.4. The van der Waals surface area contributed by atoms with Crippen LogP contribution in [0.15, 0.2) is 47.5 Å². The van der Waals surface area contributed by atoms with E-state index in [0.29, 0.717) is 5.56 Å². The predicted molar refractivity (Wildman–Crippen MR) is 82.7 cm³/mol. The fourth-order valence-electron chi connectivity index (χ4n) is 1.94. The average molecular weight is 369 g/mol. The molecule has 0 saturated heterocycles. The molecule has 2 rings (SSSR count). The maximum atomic E-state index is 12.8. The molecular formula is C14H12FN3O6S. The Balaban J connectivity index is 2.20. The molecular weight excluding hydrogens is 357 g/mol.